The van der Waals surface area contributed by atoms with Crippen molar-refractivity contribution in [2.24, 2.45) is 17.8 Å². The van der Waals surface area contributed by atoms with E-state index < -0.39 is 0 Å². The Bertz CT molecular complexity index is 838. The lowest BCUT2D eigenvalue weighted by molar-refractivity contribution is -0.126. The van der Waals surface area contributed by atoms with E-state index in [1.165, 1.54) is 23.2 Å². The summed E-state index contributed by atoms with van der Waals surface area (Å²) < 4.78 is 2.11. The second-order valence-corrected chi connectivity index (χ2v) is 8.03. The SMILES string of the molecule is O=C(N[C@H]1CCCc2c1cnn2Cc1ccccc1)[C@H]1C[C@@H]2C=C[C@@H]1C2. The summed E-state index contributed by atoms with van der Waals surface area (Å²) in [6.45, 7) is 0.800. The van der Waals surface area contributed by atoms with E-state index in [9.17, 15) is 4.79 Å². The molecule has 1 N–H and O–H groups in total. The van der Waals surface area contributed by atoms with Gasteiger partial charge in [0.15, 0.2) is 0 Å². The molecule has 2 aromatic rings. The highest BCUT2D eigenvalue weighted by Gasteiger charge is 2.40. The molecule has 1 fully saturated rings. The maximum absolute atomic E-state index is 12.8. The van der Waals surface area contributed by atoms with Crippen LogP contribution >= 0.6 is 0 Å². The molecule has 4 atom stereocenters. The Labute approximate surface area is 154 Å². The Balaban J connectivity index is 1.32. The molecule has 0 aliphatic heterocycles. The van der Waals surface area contributed by atoms with Crippen molar-refractivity contribution in [3.8, 4) is 0 Å². The molecule has 134 valence electrons. The number of benzene rings is 1. The first-order valence-corrected chi connectivity index (χ1v) is 9.85. The summed E-state index contributed by atoms with van der Waals surface area (Å²) in [5.74, 6) is 1.51. The van der Waals surface area contributed by atoms with Gasteiger partial charge in [-0.1, -0.05) is 42.5 Å². The number of rotatable bonds is 4. The maximum Gasteiger partial charge on any atom is 0.224 e. The number of nitrogens with one attached hydrogen (secondary N) is 1. The fraction of sp³-hybridized carbons (Fsp3) is 0.455. The molecule has 3 aliphatic carbocycles. The summed E-state index contributed by atoms with van der Waals surface area (Å²) in [5, 5.41) is 7.99. The largest absolute Gasteiger partial charge is 0.349 e. The normalized spacial score (nSPS) is 28.9. The summed E-state index contributed by atoms with van der Waals surface area (Å²) in [7, 11) is 0. The average molecular weight is 347 g/mol. The second-order valence-electron chi connectivity index (χ2n) is 8.03. The van der Waals surface area contributed by atoms with Crippen molar-refractivity contribution in [1.29, 1.82) is 0 Å². The Morgan fingerprint density at radius 3 is 2.85 bits per heavy atom. The van der Waals surface area contributed by atoms with Gasteiger partial charge in [0.25, 0.3) is 0 Å². The fourth-order valence-electron chi connectivity index (χ4n) is 5.02. The molecule has 1 saturated carbocycles. The zero-order valence-electron chi connectivity index (χ0n) is 15.0. The molecule has 5 rings (SSSR count). The molecule has 3 aliphatic rings. The van der Waals surface area contributed by atoms with Crippen molar-refractivity contribution >= 4 is 5.91 Å². The Hall–Kier alpha value is -2.36. The lowest BCUT2D eigenvalue weighted by Crippen LogP contribution is -2.37. The van der Waals surface area contributed by atoms with Gasteiger partial charge in [0, 0.05) is 17.2 Å². The molecule has 0 unspecified atom stereocenters. The minimum absolute atomic E-state index is 0.124. The summed E-state index contributed by atoms with van der Waals surface area (Å²) in [4.78, 5) is 12.8. The highest BCUT2D eigenvalue weighted by molar-refractivity contribution is 5.80. The van der Waals surface area contributed by atoms with Gasteiger partial charge in [0.2, 0.25) is 5.91 Å². The van der Waals surface area contributed by atoms with Crippen LogP contribution in [-0.2, 0) is 17.8 Å². The summed E-state index contributed by atoms with van der Waals surface area (Å²) in [6.07, 6.45) is 11.9. The molecule has 0 saturated heterocycles. The minimum Gasteiger partial charge on any atom is -0.349 e. The van der Waals surface area contributed by atoms with Crippen LogP contribution in [0, 0.1) is 17.8 Å². The summed E-state index contributed by atoms with van der Waals surface area (Å²) >= 11 is 0. The lowest BCUT2D eigenvalue weighted by Gasteiger charge is -2.27. The van der Waals surface area contributed by atoms with Crippen LogP contribution in [0.3, 0.4) is 0 Å². The average Bonchev–Trinajstić information content (AvgIpc) is 3.39. The van der Waals surface area contributed by atoms with Gasteiger partial charge in [-0.2, -0.15) is 5.10 Å². The number of hydrogen-bond acceptors (Lipinski definition) is 2. The molecular formula is C22H25N3O. The third kappa shape index (κ3) is 2.77. The molecular weight excluding hydrogens is 322 g/mol. The molecule has 2 bridgehead atoms. The van der Waals surface area contributed by atoms with E-state index in [2.05, 4.69) is 51.5 Å². The third-order valence-corrected chi connectivity index (χ3v) is 6.37. The molecule has 4 heteroatoms. The van der Waals surface area contributed by atoms with Gasteiger partial charge < -0.3 is 5.32 Å². The number of hydrogen-bond donors (Lipinski definition) is 1. The van der Waals surface area contributed by atoms with Crippen LogP contribution in [0.1, 0.15) is 48.5 Å². The van der Waals surface area contributed by atoms with Crippen LogP contribution in [0.25, 0.3) is 0 Å². The Morgan fingerprint density at radius 1 is 1.19 bits per heavy atom. The van der Waals surface area contributed by atoms with Crippen molar-refractivity contribution in [3.63, 3.8) is 0 Å². The van der Waals surface area contributed by atoms with E-state index in [1.54, 1.807) is 0 Å². The molecule has 1 heterocycles. The molecule has 0 radical (unpaired) electrons. The molecule has 0 spiro atoms. The molecule has 1 amide bonds. The molecule has 1 aromatic heterocycles. The number of aromatic nitrogens is 2. The number of fused-ring (bicyclic) bond motifs is 3. The van der Waals surface area contributed by atoms with Gasteiger partial charge in [-0.15, -0.1) is 0 Å². The van der Waals surface area contributed by atoms with Crippen molar-refractivity contribution in [2.75, 3.05) is 0 Å². The fourth-order valence-corrected chi connectivity index (χ4v) is 5.02. The maximum atomic E-state index is 12.8. The quantitative estimate of drug-likeness (QED) is 0.859. The zero-order valence-corrected chi connectivity index (χ0v) is 15.0. The molecule has 1 aromatic carbocycles. The van der Waals surface area contributed by atoms with Gasteiger partial charge in [0.05, 0.1) is 18.8 Å². The van der Waals surface area contributed by atoms with Crippen LogP contribution in [0.5, 0.6) is 0 Å². The van der Waals surface area contributed by atoms with E-state index in [0.29, 0.717) is 11.8 Å². The van der Waals surface area contributed by atoms with Gasteiger partial charge in [0.1, 0.15) is 0 Å². The van der Waals surface area contributed by atoms with E-state index in [-0.39, 0.29) is 17.9 Å². The van der Waals surface area contributed by atoms with Crippen LogP contribution in [0.4, 0.5) is 0 Å². The minimum atomic E-state index is 0.124. The van der Waals surface area contributed by atoms with E-state index in [1.807, 2.05) is 12.3 Å². The first kappa shape index (κ1) is 15.9. The van der Waals surface area contributed by atoms with Crippen molar-refractivity contribution in [2.45, 2.75) is 44.7 Å². The van der Waals surface area contributed by atoms with Crippen molar-refractivity contribution in [1.82, 2.24) is 15.1 Å². The number of nitrogens with zero attached hydrogens (tertiary/aromatic N) is 2. The summed E-state index contributed by atoms with van der Waals surface area (Å²) in [6, 6.07) is 10.6. The van der Waals surface area contributed by atoms with E-state index in [0.717, 1.165) is 32.2 Å². The standard InChI is InChI=1S/C22H25N3O/c26-22(18-12-16-9-10-17(18)11-16)24-20-7-4-8-21-19(20)13-23-25(21)14-15-5-2-1-3-6-15/h1-3,5-6,9-10,13,16-18,20H,4,7-8,11-12,14H2,(H,24,26)/t16-,17-,18+,20+/m1/s1. The zero-order chi connectivity index (χ0) is 17.5. The predicted octanol–water partition coefficient (Wildman–Crippen LogP) is 3.64. The van der Waals surface area contributed by atoms with Crippen LogP contribution in [0.2, 0.25) is 0 Å². The monoisotopic (exact) mass is 347 g/mol. The highest BCUT2D eigenvalue weighted by Crippen LogP contribution is 2.44. The second kappa shape index (κ2) is 6.42. The Kier molecular flexibility index (Phi) is 3.92. The predicted molar refractivity (Wildman–Crippen MR) is 100 cm³/mol. The smallest absolute Gasteiger partial charge is 0.224 e. The first-order chi connectivity index (χ1) is 12.8. The number of amides is 1. The van der Waals surface area contributed by atoms with Gasteiger partial charge >= 0.3 is 0 Å². The van der Waals surface area contributed by atoms with Gasteiger partial charge in [-0.05, 0) is 49.5 Å². The van der Waals surface area contributed by atoms with E-state index in [4.69, 9.17) is 0 Å². The lowest BCUT2D eigenvalue weighted by atomic mass is 9.89. The Morgan fingerprint density at radius 2 is 2.08 bits per heavy atom. The van der Waals surface area contributed by atoms with Crippen LogP contribution < -0.4 is 5.32 Å². The molecule has 4 nitrogen and oxygen atoms in total. The van der Waals surface area contributed by atoms with Gasteiger partial charge in [-0.3, -0.25) is 9.48 Å². The van der Waals surface area contributed by atoms with Crippen LogP contribution in [0.15, 0.2) is 48.7 Å². The molecule has 26 heavy (non-hydrogen) atoms. The number of allylic oxidation sites excluding steroid dienone is 2. The van der Waals surface area contributed by atoms with Crippen LogP contribution in [-0.4, -0.2) is 15.7 Å². The first-order valence-electron chi connectivity index (χ1n) is 9.85. The summed E-state index contributed by atoms with van der Waals surface area (Å²) in [5.41, 5.74) is 3.77. The number of carbonyl (C=O) groups is 1. The van der Waals surface area contributed by atoms with Crippen molar-refractivity contribution < 1.29 is 4.79 Å². The highest BCUT2D eigenvalue weighted by atomic mass is 16.2. The third-order valence-electron chi connectivity index (χ3n) is 6.37. The van der Waals surface area contributed by atoms with Gasteiger partial charge in [-0.25, -0.2) is 0 Å². The van der Waals surface area contributed by atoms with Crippen molar-refractivity contribution in [3.05, 3.63) is 65.5 Å². The van der Waals surface area contributed by atoms with E-state index >= 15 is 0 Å². The topological polar surface area (TPSA) is 46.9 Å². The number of carbonyl (C=O) groups excluding carboxylic acids is 1.